The average Bonchev–Trinajstić information content (AvgIpc) is 2.94. The number of carbonyl (C=O) groups excluding carboxylic acids is 1. The Labute approximate surface area is 152 Å². The number of phenolic OH excluding ortho intramolecular Hbond substituents is 1. The molecule has 5 heteroatoms. The van der Waals surface area contributed by atoms with Gasteiger partial charge in [0.25, 0.3) is 0 Å². The SMILES string of the molecule is CCCCN(C)Cc1c(O)ccc2c1O/C(=C\c1ccc(F)cc1)C2=O. The van der Waals surface area contributed by atoms with E-state index < -0.39 is 0 Å². The Morgan fingerprint density at radius 3 is 2.62 bits per heavy atom. The number of nitrogens with zero attached hydrogens (tertiary/aromatic N) is 1. The summed E-state index contributed by atoms with van der Waals surface area (Å²) in [5.41, 5.74) is 1.72. The summed E-state index contributed by atoms with van der Waals surface area (Å²) in [4.78, 5) is 14.7. The molecule has 1 aliphatic heterocycles. The highest BCUT2D eigenvalue weighted by Gasteiger charge is 2.31. The van der Waals surface area contributed by atoms with E-state index in [9.17, 15) is 14.3 Å². The molecule has 1 aliphatic rings. The van der Waals surface area contributed by atoms with Crippen molar-refractivity contribution in [3.8, 4) is 11.5 Å². The van der Waals surface area contributed by atoms with Crippen LogP contribution in [0.15, 0.2) is 42.2 Å². The van der Waals surface area contributed by atoms with Crippen LogP contribution in [-0.2, 0) is 6.54 Å². The molecule has 26 heavy (non-hydrogen) atoms. The van der Waals surface area contributed by atoms with Crippen molar-refractivity contribution in [1.29, 1.82) is 0 Å². The number of unbranched alkanes of at least 4 members (excludes halogenated alkanes) is 1. The summed E-state index contributed by atoms with van der Waals surface area (Å²) in [5.74, 6) is 0.127. The molecular weight excluding hydrogens is 333 g/mol. The van der Waals surface area contributed by atoms with Crippen LogP contribution in [0.4, 0.5) is 4.39 Å². The molecule has 2 aromatic carbocycles. The molecule has 1 heterocycles. The summed E-state index contributed by atoms with van der Waals surface area (Å²) >= 11 is 0. The number of fused-ring (bicyclic) bond motifs is 1. The number of phenols is 1. The summed E-state index contributed by atoms with van der Waals surface area (Å²) in [5, 5.41) is 10.3. The minimum atomic E-state index is -0.337. The van der Waals surface area contributed by atoms with E-state index >= 15 is 0 Å². The monoisotopic (exact) mass is 355 g/mol. The van der Waals surface area contributed by atoms with Gasteiger partial charge in [-0.05, 0) is 55.9 Å². The van der Waals surface area contributed by atoms with E-state index in [1.165, 1.54) is 18.2 Å². The summed E-state index contributed by atoms with van der Waals surface area (Å²) in [6.45, 7) is 3.51. The smallest absolute Gasteiger partial charge is 0.231 e. The van der Waals surface area contributed by atoms with Crippen LogP contribution < -0.4 is 4.74 Å². The molecule has 3 rings (SSSR count). The molecule has 0 bridgehead atoms. The molecule has 0 aromatic heterocycles. The minimum Gasteiger partial charge on any atom is -0.507 e. The highest BCUT2D eigenvalue weighted by Crippen LogP contribution is 2.40. The second-order valence-electron chi connectivity index (χ2n) is 6.52. The van der Waals surface area contributed by atoms with Crippen LogP contribution in [0.3, 0.4) is 0 Å². The third kappa shape index (κ3) is 3.78. The van der Waals surface area contributed by atoms with E-state index in [1.807, 2.05) is 7.05 Å². The standard InChI is InChI=1S/C21H22FNO3/c1-3-4-11-23(2)13-17-18(24)10-9-16-20(25)19(26-21(16)17)12-14-5-7-15(22)8-6-14/h5-10,12,24H,3-4,11,13H2,1-2H3/b19-12-. The maximum atomic E-state index is 13.0. The van der Waals surface area contributed by atoms with Crippen LogP contribution in [0.25, 0.3) is 6.08 Å². The molecule has 0 radical (unpaired) electrons. The first-order valence-corrected chi connectivity index (χ1v) is 8.72. The largest absolute Gasteiger partial charge is 0.507 e. The molecular formula is C21H22FNO3. The van der Waals surface area contributed by atoms with Gasteiger partial charge in [0, 0.05) is 6.54 Å². The van der Waals surface area contributed by atoms with Gasteiger partial charge < -0.3 is 14.7 Å². The van der Waals surface area contributed by atoms with Gasteiger partial charge in [0.15, 0.2) is 5.76 Å². The molecule has 0 spiro atoms. The lowest BCUT2D eigenvalue weighted by atomic mass is 10.0. The summed E-state index contributed by atoms with van der Waals surface area (Å²) in [6.07, 6.45) is 3.73. The van der Waals surface area contributed by atoms with Crippen molar-refractivity contribution < 1.29 is 19.0 Å². The van der Waals surface area contributed by atoms with Crippen molar-refractivity contribution in [2.24, 2.45) is 0 Å². The Morgan fingerprint density at radius 2 is 1.92 bits per heavy atom. The molecule has 0 atom stereocenters. The van der Waals surface area contributed by atoms with Gasteiger partial charge in [-0.15, -0.1) is 0 Å². The predicted octanol–water partition coefficient (Wildman–Crippen LogP) is 4.38. The number of benzene rings is 2. The molecule has 2 aromatic rings. The molecule has 0 fully saturated rings. The van der Waals surface area contributed by atoms with Crippen molar-refractivity contribution >= 4 is 11.9 Å². The topological polar surface area (TPSA) is 49.8 Å². The summed E-state index contributed by atoms with van der Waals surface area (Å²) in [6, 6.07) is 8.94. The lowest BCUT2D eigenvalue weighted by Crippen LogP contribution is -2.19. The Kier molecular flexibility index (Phi) is 5.38. The number of Topliss-reactive ketones (excluding diaryl/α,β-unsaturated/α-hetero) is 1. The number of hydrogen-bond donors (Lipinski definition) is 1. The third-order valence-corrected chi connectivity index (χ3v) is 4.41. The zero-order valence-corrected chi connectivity index (χ0v) is 15.0. The van der Waals surface area contributed by atoms with Crippen LogP contribution in [0.1, 0.15) is 41.3 Å². The van der Waals surface area contributed by atoms with Gasteiger partial charge in [-0.2, -0.15) is 0 Å². The number of ketones is 1. The fraction of sp³-hybridized carbons (Fsp3) is 0.286. The first kappa shape index (κ1) is 18.1. The van der Waals surface area contributed by atoms with E-state index in [0.29, 0.717) is 29.0 Å². The van der Waals surface area contributed by atoms with Gasteiger partial charge in [0.2, 0.25) is 5.78 Å². The first-order chi connectivity index (χ1) is 12.5. The molecule has 0 saturated carbocycles. The van der Waals surface area contributed by atoms with E-state index in [4.69, 9.17) is 4.74 Å². The van der Waals surface area contributed by atoms with Crippen LogP contribution in [0.5, 0.6) is 11.5 Å². The average molecular weight is 355 g/mol. The molecule has 0 aliphatic carbocycles. The van der Waals surface area contributed by atoms with Crippen LogP contribution >= 0.6 is 0 Å². The number of hydrogen-bond acceptors (Lipinski definition) is 4. The molecule has 0 amide bonds. The number of carbonyl (C=O) groups is 1. The zero-order chi connectivity index (χ0) is 18.7. The van der Waals surface area contributed by atoms with Gasteiger partial charge >= 0.3 is 0 Å². The quantitative estimate of drug-likeness (QED) is 0.781. The lowest BCUT2D eigenvalue weighted by molar-refractivity contribution is 0.101. The normalized spacial score (nSPS) is 14.8. The van der Waals surface area contributed by atoms with Gasteiger partial charge in [-0.25, -0.2) is 4.39 Å². The van der Waals surface area contributed by atoms with E-state index in [1.54, 1.807) is 24.3 Å². The van der Waals surface area contributed by atoms with Crippen LogP contribution in [-0.4, -0.2) is 29.4 Å². The van der Waals surface area contributed by atoms with Gasteiger partial charge in [-0.1, -0.05) is 25.5 Å². The predicted molar refractivity (Wildman–Crippen MR) is 98.7 cm³/mol. The fourth-order valence-corrected chi connectivity index (χ4v) is 2.94. The second kappa shape index (κ2) is 7.70. The van der Waals surface area contributed by atoms with Gasteiger partial charge in [-0.3, -0.25) is 4.79 Å². The molecule has 136 valence electrons. The molecule has 0 saturated heterocycles. The van der Waals surface area contributed by atoms with Crippen molar-refractivity contribution in [2.75, 3.05) is 13.6 Å². The van der Waals surface area contributed by atoms with Crippen molar-refractivity contribution in [3.63, 3.8) is 0 Å². The molecule has 0 unspecified atom stereocenters. The molecule has 1 N–H and O–H groups in total. The Hall–Kier alpha value is -2.66. The number of aromatic hydroxyl groups is 1. The molecule has 4 nitrogen and oxygen atoms in total. The summed E-state index contributed by atoms with van der Waals surface area (Å²) in [7, 11) is 1.97. The maximum absolute atomic E-state index is 13.0. The number of rotatable bonds is 6. The van der Waals surface area contributed by atoms with Crippen LogP contribution in [0, 0.1) is 5.82 Å². The first-order valence-electron chi connectivity index (χ1n) is 8.72. The Morgan fingerprint density at radius 1 is 1.19 bits per heavy atom. The second-order valence-corrected chi connectivity index (χ2v) is 6.52. The maximum Gasteiger partial charge on any atom is 0.231 e. The number of ether oxygens (including phenoxy) is 1. The van der Waals surface area contributed by atoms with Crippen LogP contribution in [0.2, 0.25) is 0 Å². The zero-order valence-electron chi connectivity index (χ0n) is 15.0. The van der Waals surface area contributed by atoms with Crippen molar-refractivity contribution in [2.45, 2.75) is 26.3 Å². The van der Waals surface area contributed by atoms with E-state index in [-0.39, 0.29) is 23.1 Å². The number of allylic oxidation sites excluding steroid dienone is 1. The van der Waals surface area contributed by atoms with E-state index in [2.05, 4.69) is 11.8 Å². The Balaban J connectivity index is 1.89. The summed E-state index contributed by atoms with van der Waals surface area (Å²) < 4.78 is 18.8. The van der Waals surface area contributed by atoms with Crippen molar-refractivity contribution in [1.82, 2.24) is 4.90 Å². The number of halogens is 1. The minimum absolute atomic E-state index is 0.114. The van der Waals surface area contributed by atoms with Gasteiger partial charge in [0.05, 0.1) is 11.1 Å². The highest BCUT2D eigenvalue weighted by atomic mass is 19.1. The van der Waals surface area contributed by atoms with E-state index in [0.717, 1.165) is 19.4 Å². The Bertz CT molecular complexity index is 843. The highest BCUT2D eigenvalue weighted by molar-refractivity contribution is 6.14. The lowest BCUT2D eigenvalue weighted by Gasteiger charge is -2.18. The van der Waals surface area contributed by atoms with Crippen molar-refractivity contribution in [3.05, 3.63) is 64.7 Å². The fourth-order valence-electron chi connectivity index (χ4n) is 2.94. The third-order valence-electron chi connectivity index (χ3n) is 4.41. The van der Waals surface area contributed by atoms with Gasteiger partial charge in [0.1, 0.15) is 17.3 Å².